The van der Waals surface area contributed by atoms with Crippen LogP contribution in [0.4, 0.5) is 0 Å². The first-order chi connectivity index (χ1) is 6.68. The van der Waals surface area contributed by atoms with Gasteiger partial charge in [-0.1, -0.05) is 30.3 Å². The molecule has 1 rings (SSSR count). The zero-order valence-corrected chi connectivity index (χ0v) is 8.67. The lowest BCUT2D eigenvalue weighted by Crippen LogP contribution is -2.31. The molecular formula is C10H14N2OS. The van der Waals surface area contributed by atoms with Gasteiger partial charge in [-0.2, -0.15) is 0 Å². The van der Waals surface area contributed by atoms with E-state index < -0.39 is 0 Å². The maximum Gasteiger partial charge on any atom is 0.254 e. The molecule has 0 aliphatic rings. The molecular weight excluding hydrogens is 196 g/mol. The molecule has 0 bridgehead atoms. The fraction of sp³-hybridized carbons (Fsp3) is 0.300. The molecule has 0 aliphatic carbocycles. The molecule has 0 radical (unpaired) electrons. The minimum atomic E-state index is -0.0705. The molecule has 0 aliphatic heterocycles. The Bertz CT molecular complexity index is 289. The van der Waals surface area contributed by atoms with Crippen LogP contribution in [0.5, 0.6) is 0 Å². The van der Waals surface area contributed by atoms with Crippen molar-refractivity contribution >= 4 is 17.4 Å². The van der Waals surface area contributed by atoms with Crippen LogP contribution >= 0.6 is 12.2 Å². The van der Waals surface area contributed by atoms with Crippen molar-refractivity contribution in [2.45, 2.75) is 12.5 Å². The Balaban J connectivity index is 2.34. The molecule has 0 spiro atoms. The summed E-state index contributed by atoms with van der Waals surface area (Å²) in [4.78, 5) is 0. The normalized spacial score (nSPS) is 12.1. The monoisotopic (exact) mass is 210 g/mol. The average Bonchev–Trinajstić information content (AvgIpc) is 2.16. The van der Waals surface area contributed by atoms with Crippen LogP contribution in [-0.2, 0) is 11.2 Å². The lowest BCUT2D eigenvalue weighted by atomic mass is 10.1. The standard InChI is InChI=1S/C10H14N2OS/c11-9(7-13-10(12)14)6-8-4-2-1-3-5-8/h1-5,9H,6-7,11H2,(H2,12,14)/t9-/m0/s1. The summed E-state index contributed by atoms with van der Waals surface area (Å²) < 4.78 is 4.96. The molecule has 76 valence electrons. The topological polar surface area (TPSA) is 61.3 Å². The van der Waals surface area contributed by atoms with E-state index in [1.165, 1.54) is 5.56 Å². The van der Waals surface area contributed by atoms with E-state index in [1.54, 1.807) is 0 Å². The number of nitrogens with two attached hydrogens (primary N) is 2. The van der Waals surface area contributed by atoms with Crippen molar-refractivity contribution in [3.8, 4) is 0 Å². The molecule has 4 N–H and O–H groups in total. The number of rotatable bonds is 4. The largest absolute Gasteiger partial charge is 0.470 e. The van der Waals surface area contributed by atoms with Crippen molar-refractivity contribution in [3.63, 3.8) is 0 Å². The SMILES string of the molecule is NC(=S)OC[C@@H](N)Cc1ccccc1. The minimum absolute atomic E-state index is 0.0495. The molecule has 14 heavy (non-hydrogen) atoms. The Hall–Kier alpha value is -1.13. The van der Waals surface area contributed by atoms with Gasteiger partial charge in [0.2, 0.25) is 0 Å². The molecule has 0 unspecified atom stereocenters. The van der Waals surface area contributed by atoms with Crippen LogP contribution in [0.15, 0.2) is 30.3 Å². The van der Waals surface area contributed by atoms with E-state index in [4.69, 9.17) is 16.2 Å². The second kappa shape index (κ2) is 5.57. The van der Waals surface area contributed by atoms with Crippen LogP contribution in [0.2, 0.25) is 0 Å². The molecule has 0 fully saturated rings. The van der Waals surface area contributed by atoms with E-state index in [0.29, 0.717) is 6.61 Å². The van der Waals surface area contributed by atoms with Gasteiger partial charge in [0.05, 0.1) is 0 Å². The van der Waals surface area contributed by atoms with E-state index in [-0.39, 0.29) is 11.2 Å². The highest BCUT2D eigenvalue weighted by Gasteiger charge is 2.04. The van der Waals surface area contributed by atoms with E-state index in [0.717, 1.165) is 6.42 Å². The summed E-state index contributed by atoms with van der Waals surface area (Å²) >= 11 is 4.58. The molecule has 1 atom stereocenters. The Kier molecular flexibility index (Phi) is 4.35. The minimum Gasteiger partial charge on any atom is -0.470 e. The number of benzene rings is 1. The van der Waals surface area contributed by atoms with Crippen molar-refractivity contribution in [2.75, 3.05) is 6.61 Å². The molecule has 1 aromatic carbocycles. The summed E-state index contributed by atoms with van der Waals surface area (Å²) in [6.07, 6.45) is 0.767. The summed E-state index contributed by atoms with van der Waals surface area (Å²) in [6, 6.07) is 9.92. The van der Waals surface area contributed by atoms with E-state index in [9.17, 15) is 0 Å². The highest BCUT2D eigenvalue weighted by Crippen LogP contribution is 2.01. The van der Waals surface area contributed by atoms with Gasteiger partial charge >= 0.3 is 0 Å². The number of thiocarbonyl (C=S) groups is 1. The highest BCUT2D eigenvalue weighted by atomic mass is 32.1. The van der Waals surface area contributed by atoms with Gasteiger partial charge in [-0.25, -0.2) is 0 Å². The van der Waals surface area contributed by atoms with Gasteiger partial charge in [0.1, 0.15) is 6.61 Å². The third-order valence-electron chi connectivity index (χ3n) is 1.78. The van der Waals surface area contributed by atoms with Crippen LogP contribution in [0, 0.1) is 0 Å². The van der Waals surface area contributed by atoms with Crippen LogP contribution < -0.4 is 11.5 Å². The van der Waals surface area contributed by atoms with E-state index in [1.807, 2.05) is 30.3 Å². The van der Waals surface area contributed by atoms with E-state index >= 15 is 0 Å². The Morgan fingerprint density at radius 1 is 1.36 bits per heavy atom. The van der Waals surface area contributed by atoms with Gasteiger partial charge < -0.3 is 16.2 Å². The highest BCUT2D eigenvalue weighted by molar-refractivity contribution is 7.80. The second-order valence-electron chi connectivity index (χ2n) is 3.08. The van der Waals surface area contributed by atoms with Crippen LogP contribution in [0.3, 0.4) is 0 Å². The van der Waals surface area contributed by atoms with Gasteiger partial charge in [-0.05, 0) is 24.2 Å². The summed E-state index contributed by atoms with van der Waals surface area (Å²) in [7, 11) is 0. The Morgan fingerprint density at radius 2 is 2.00 bits per heavy atom. The zero-order valence-electron chi connectivity index (χ0n) is 7.85. The number of hydrogen-bond acceptors (Lipinski definition) is 3. The van der Waals surface area contributed by atoms with Gasteiger partial charge in [-0.15, -0.1) is 0 Å². The molecule has 0 heterocycles. The fourth-order valence-electron chi connectivity index (χ4n) is 1.16. The van der Waals surface area contributed by atoms with Crippen LogP contribution in [0.1, 0.15) is 5.56 Å². The number of ether oxygens (including phenoxy) is 1. The first-order valence-electron chi connectivity index (χ1n) is 4.40. The van der Waals surface area contributed by atoms with Crippen LogP contribution in [-0.4, -0.2) is 17.8 Å². The summed E-state index contributed by atoms with van der Waals surface area (Å²) in [5.74, 6) is 0. The van der Waals surface area contributed by atoms with Crippen molar-refractivity contribution in [3.05, 3.63) is 35.9 Å². The third kappa shape index (κ3) is 4.20. The molecule has 3 nitrogen and oxygen atoms in total. The third-order valence-corrected chi connectivity index (χ3v) is 1.90. The van der Waals surface area contributed by atoms with Crippen molar-refractivity contribution in [1.29, 1.82) is 0 Å². The lowest BCUT2D eigenvalue weighted by molar-refractivity contribution is 0.278. The molecule has 0 aromatic heterocycles. The first kappa shape index (κ1) is 10.9. The molecule has 4 heteroatoms. The van der Waals surface area contributed by atoms with Crippen molar-refractivity contribution in [2.24, 2.45) is 11.5 Å². The molecule has 0 saturated carbocycles. The van der Waals surface area contributed by atoms with Gasteiger partial charge in [0.25, 0.3) is 5.17 Å². The summed E-state index contributed by atoms with van der Waals surface area (Å²) in [6.45, 7) is 0.365. The lowest BCUT2D eigenvalue weighted by Gasteiger charge is -2.11. The molecule has 0 amide bonds. The zero-order chi connectivity index (χ0) is 10.4. The Labute approximate surface area is 89.0 Å². The van der Waals surface area contributed by atoms with Gasteiger partial charge in [0.15, 0.2) is 0 Å². The maximum atomic E-state index is 5.81. The molecule has 1 aromatic rings. The molecule has 0 saturated heterocycles. The fourth-order valence-corrected chi connectivity index (χ4v) is 1.23. The predicted molar refractivity (Wildman–Crippen MR) is 60.9 cm³/mol. The van der Waals surface area contributed by atoms with Crippen molar-refractivity contribution in [1.82, 2.24) is 0 Å². The maximum absolute atomic E-state index is 5.81. The van der Waals surface area contributed by atoms with E-state index in [2.05, 4.69) is 12.2 Å². The van der Waals surface area contributed by atoms with Gasteiger partial charge in [0, 0.05) is 6.04 Å². The smallest absolute Gasteiger partial charge is 0.254 e. The summed E-state index contributed by atoms with van der Waals surface area (Å²) in [5.41, 5.74) is 12.2. The quantitative estimate of drug-likeness (QED) is 0.722. The summed E-state index contributed by atoms with van der Waals surface area (Å²) in [5, 5.41) is 0.0495. The second-order valence-corrected chi connectivity index (χ2v) is 3.48. The van der Waals surface area contributed by atoms with Crippen molar-refractivity contribution < 1.29 is 4.74 Å². The van der Waals surface area contributed by atoms with Crippen LogP contribution in [0.25, 0.3) is 0 Å². The average molecular weight is 210 g/mol. The van der Waals surface area contributed by atoms with Gasteiger partial charge in [-0.3, -0.25) is 0 Å². The predicted octanol–water partition coefficient (Wildman–Crippen LogP) is 0.817. The first-order valence-corrected chi connectivity index (χ1v) is 4.81. The Morgan fingerprint density at radius 3 is 2.57 bits per heavy atom. The number of hydrogen-bond donors (Lipinski definition) is 2.